The zero-order valence-electron chi connectivity index (χ0n) is 16.7. The number of likely N-dealkylation sites (tertiary alicyclic amines) is 1. The summed E-state index contributed by atoms with van der Waals surface area (Å²) in [7, 11) is 0. The average molecular weight is 490 g/mol. The van der Waals surface area contributed by atoms with Crippen molar-refractivity contribution in [2.45, 2.75) is 51.7 Å². The second kappa shape index (κ2) is 11.9. The number of rotatable bonds is 8. The van der Waals surface area contributed by atoms with Crippen LogP contribution in [0.4, 0.5) is 0 Å². The van der Waals surface area contributed by atoms with Gasteiger partial charge in [-0.1, -0.05) is 13.8 Å². The molecule has 1 aromatic rings. The Kier molecular flexibility index (Phi) is 9.92. The zero-order chi connectivity index (χ0) is 18.2. The van der Waals surface area contributed by atoms with Crippen molar-refractivity contribution in [1.82, 2.24) is 15.1 Å². The molecule has 2 aliphatic rings. The Bertz CT molecular complexity index is 542. The smallest absolute Gasteiger partial charge is 0.194 e. The molecule has 0 bridgehead atoms. The van der Waals surface area contributed by atoms with Crippen molar-refractivity contribution in [3.63, 3.8) is 0 Å². The Morgan fingerprint density at radius 3 is 2.85 bits per heavy atom. The highest BCUT2D eigenvalue weighted by Crippen LogP contribution is 2.17. The van der Waals surface area contributed by atoms with Crippen molar-refractivity contribution in [1.29, 1.82) is 0 Å². The quantitative estimate of drug-likeness (QED) is 0.345. The summed E-state index contributed by atoms with van der Waals surface area (Å²) in [6.07, 6.45) is 6.40. The van der Waals surface area contributed by atoms with Gasteiger partial charge in [-0.15, -0.1) is 24.0 Å². The third-order valence-corrected chi connectivity index (χ3v) is 5.49. The Labute approximate surface area is 180 Å². The molecule has 1 aromatic heterocycles. The standard InChI is InChI=1S/C20H34N4O2.HI/c1-3-23(4-2)17-10-12-24(16-17)20(22-15-19-8-6-14-26-19)21-11-9-18-7-5-13-25-18;/h5,7,13,17,19H,3-4,6,8-12,14-16H2,1-2H3,(H,21,22);1H. The number of nitrogens with zero attached hydrogens (tertiary/aromatic N) is 3. The predicted molar refractivity (Wildman–Crippen MR) is 120 cm³/mol. The molecule has 27 heavy (non-hydrogen) atoms. The van der Waals surface area contributed by atoms with E-state index >= 15 is 0 Å². The second-order valence-electron chi connectivity index (χ2n) is 7.17. The van der Waals surface area contributed by atoms with Crippen LogP contribution >= 0.6 is 24.0 Å². The lowest BCUT2D eigenvalue weighted by molar-refractivity contribution is 0.117. The first kappa shape index (κ1) is 22.5. The van der Waals surface area contributed by atoms with Crippen LogP contribution in [0, 0.1) is 0 Å². The summed E-state index contributed by atoms with van der Waals surface area (Å²) in [6, 6.07) is 4.60. The SMILES string of the molecule is CCN(CC)C1CCN(C(=NCC2CCCO2)NCCc2ccco2)C1.I. The molecule has 2 aliphatic heterocycles. The average Bonchev–Trinajstić information content (AvgIpc) is 3.41. The van der Waals surface area contributed by atoms with E-state index in [0.717, 1.165) is 76.9 Å². The molecule has 2 unspecified atom stereocenters. The van der Waals surface area contributed by atoms with Gasteiger partial charge in [-0.25, -0.2) is 0 Å². The van der Waals surface area contributed by atoms with E-state index in [9.17, 15) is 0 Å². The highest BCUT2D eigenvalue weighted by molar-refractivity contribution is 14.0. The molecular weight excluding hydrogens is 455 g/mol. The lowest BCUT2D eigenvalue weighted by Crippen LogP contribution is -2.44. The van der Waals surface area contributed by atoms with Crippen LogP contribution in [-0.4, -0.2) is 73.8 Å². The summed E-state index contributed by atoms with van der Waals surface area (Å²) in [5.41, 5.74) is 0. The molecule has 0 spiro atoms. The van der Waals surface area contributed by atoms with Crippen LogP contribution in [0.1, 0.15) is 38.9 Å². The highest BCUT2D eigenvalue weighted by Gasteiger charge is 2.28. The summed E-state index contributed by atoms with van der Waals surface area (Å²) in [6.45, 7) is 11.3. The van der Waals surface area contributed by atoms with Gasteiger partial charge in [0.1, 0.15) is 5.76 Å². The zero-order valence-corrected chi connectivity index (χ0v) is 19.1. The summed E-state index contributed by atoms with van der Waals surface area (Å²) < 4.78 is 11.2. The van der Waals surface area contributed by atoms with Gasteiger partial charge in [-0.2, -0.15) is 0 Å². The van der Waals surface area contributed by atoms with E-state index < -0.39 is 0 Å². The Morgan fingerprint density at radius 1 is 1.33 bits per heavy atom. The van der Waals surface area contributed by atoms with Gasteiger partial charge in [-0.3, -0.25) is 9.89 Å². The van der Waals surface area contributed by atoms with Gasteiger partial charge < -0.3 is 19.4 Å². The molecule has 0 amide bonds. The van der Waals surface area contributed by atoms with E-state index in [4.69, 9.17) is 14.1 Å². The first-order valence-electron chi connectivity index (χ1n) is 10.2. The number of hydrogen-bond acceptors (Lipinski definition) is 4. The maximum Gasteiger partial charge on any atom is 0.194 e. The molecule has 0 saturated carbocycles. The van der Waals surface area contributed by atoms with Gasteiger partial charge in [0, 0.05) is 38.7 Å². The monoisotopic (exact) mass is 490 g/mol. The molecule has 1 N–H and O–H groups in total. The minimum atomic E-state index is 0. The maximum absolute atomic E-state index is 5.75. The van der Waals surface area contributed by atoms with Gasteiger partial charge >= 0.3 is 0 Å². The van der Waals surface area contributed by atoms with E-state index in [1.807, 2.05) is 12.1 Å². The normalized spacial score (nSPS) is 23.1. The van der Waals surface area contributed by atoms with Crippen molar-refractivity contribution in [2.24, 2.45) is 4.99 Å². The minimum Gasteiger partial charge on any atom is -0.469 e. The predicted octanol–water partition coefficient (Wildman–Crippen LogP) is 2.98. The van der Waals surface area contributed by atoms with Crippen molar-refractivity contribution in [3.05, 3.63) is 24.2 Å². The fraction of sp³-hybridized carbons (Fsp3) is 0.750. The third kappa shape index (κ3) is 6.64. The van der Waals surface area contributed by atoms with Crippen molar-refractivity contribution >= 4 is 29.9 Å². The van der Waals surface area contributed by atoms with Crippen LogP contribution in [-0.2, 0) is 11.2 Å². The van der Waals surface area contributed by atoms with Gasteiger partial charge in [0.05, 0.1) is 18.9 Å². The van der Waals surface area contributed by atoms with Crippen LogP contribution in [0.15, 0.2) is 27.8 Å². The largest absolute Gasteiger partial charge is 0.469 e. The van der Waals surface area contributed by atoms with E-state index in [2.05, 4.69) is 29.0 Å². The summed E-state index contributed by atoms with van der Waals surface area (Å²) in [4.78, 5) is 9.88. The van der Waals surface area contributed by atoms with Crippen molar-refractivity contribution in [3.8, 4) is 0 Å². The third-order valence-electron chi connectivity index (χ3n) is 5.49. The summed E-state index contributed by atoms with van der Waals surface area (Å²) in [5, 5.41) is 3.56. The molecule has 2 atom stereocenters. The van der Waals surface area contributed by atoms with Gasteiger partial charge in [0.15, 0.2) is 5.96 Å². The minimum absolute atomic E-state index is 0. The lowest BCUT2D eigenvalue weighted by atomic mass is 10.2. The van der Waals surface area contributed by atoms with Gasteiger partial charge in [0.2, 0.25) is 0 Å². The molecule has 0 aliphatic carbocycles. The van der Waals surface area contributed by atoms with Crippen molar-refractivity contribution in [2.75, 3.05) is 45.9 Å². The molecule has 6 nitrogen and oxygen atoms in total. The Morgan fingerprint density at radius 2 is 2.19 bits per heavy atom. The maximum atomic E-state index is 5.75. The number of likely N-dealkylation sites (N-methyl/N-ethyl adjacent to an activating group) is 1. The van der Waals surface area contributed by atoms with E-state index in [0.29, 0.717) is 6.04 Å². The number of halogens is 1. The number of aliphatic imine (C=N–C) groups is 1. The molecule has 2 fully saturated rings. The first-order valence-corrected chi connectivity index (χ1v) is 10.2. The molecule has 3 heterocycles. The first-order chi connectivity index (χ1) is 12.8. The van der Waals surface area contributed by atoms with Crippen molar-refractivity contribution < 1.29 is 9.15 Å². The summed E-state index contributed by atoms with van der Waals surface area (Å²) >= 11 is 0. The molecule has 2 saturated heterocycles. The number of guanidine groups is 1. The summed E-state index contributed by atoms with van der Waals surface area (Å²) in [5.74, 6) is 2.04. The Balaban J connectivity index is 0.00000261. The molecule has 3 rings (SSSR count). The van der Waals surface area contributed by atoms with Gasteiger partial charge in [0.25, 0.3) is 0 Å². The van der Waals surface area contributed by atoms with E-state index in [-0.39, 0.29) is 30.1 Å². The highest BCUT2D eigenvalue weighted by atomic mass is 127. The van der Waals surface area contributed by atoms with E-state index in [1.54, 1.807) is 6.26 Å². The van der Waals surface area contributed by atoms with Crippen LogP contribution < -0.4 is 5.32 Å². The molecule has 7 heteroatoms. The van der Waals surface area contributed by atoms with Crippen LogP contribution in [0.25, 0.3) is 0 Å². The number of hydrogen-bond donors (Lipinski definition) is 1. The molecule has 0 radical (unpaired) electrons. The van der Waals surface area contributed by atoms with Crippen LogP contribution in [0.2, 0.25) is 0 Å². The topological polar surface area (TPSA) is 53.2 Å². The number of furan rings is 1. The Hall–Kier alpha value is -0.800. The lowest BCUT2D eigenvalue weighted by Gasteiger charge is -2.27. The molecule has 154 valence electrons. The molecular formula is C20H35IN4O2. The fourth-order valence-electron chi connectivity index (χ4n) is 3.97. The van der Waals surface area contributed by atoms with Gasteiger partial charge in [-0.05, 0) is 44.5 Å². The van der Waals surface area contributed by atoms with E-state index in [1.165, 1.54) is 6.42 Å². The number of ether oxygens (including phenoxy) is 1. The van der Waals surface area contributed by atoms with Crippen LogP contribution in [0.3, 0.4) is 0 Å². The van der Waals surface area contributed by atoms with Crippen LogP contribution in [0.5, 0.6) is 0 Å². The fourth-order valence-corrected chi connectivity index (χ4v) is 3.97. The second-order valence-corrected chi connectivity index (χ2v) is 7.17. The molecule has 0 aromatic carbocycles. The number of nitrogens with one attached hydrogen (secondary N) is 1.